The van der Waals surface area contributed by atoms with Gasteiger partial charge in [-0.2, -0.15) is 13.8 Å². The molecule has 0 fully saturated rings. The monoisotopic (exact) mass is 331 g/mol. The van der Waals surface area contributed by atoms with E-state index in [1.54, 1.807) is 0 Å². The van der Waals surface area contributed by atoms with Crippen LogP contribution < -0.4 is 5.73 Å². The number of rotatable bonds is 3. The van der Waals surface area contributed by atoms with Gasteiger partial charge in [-0.3, -0.25) is 0 Å². The van der Waals surface area contributed by atoms with E-state index < -0.39 is 34.3 Å². The molecule has 2 rings (SSSR count). The summed E-state index contributed by atoms with van der Waals surface area (Å²) in [6.07, 6.45) is 0. The van der Waals surface area contributed by atoms with Crippen molar-refractivity contribution in [1.29, 1.82) is 0 Å². The summed E-state index contributed by atoms with van der Waals surface area (Å²) in [5, 5.41) is -0.756. The van der Waals surface area contributed by atoms with Gasteiger partial charge in [0.25, 0.3) is 0 Å². The Hall–Kier alpha value is -1.38. The van der Waals surface area contributed by atoms with Gasteiger partial charge < -0.3 is 10.3 Å². The highest BCUT2D eigenvalue weighted by Gasteiger charge is 2.36. The zero-order valence-electron chi connectivity index (χ0n) is 9.54. The molecule has 1 aromatic carbocycles. The highest BCUT2D eigenvalue weighted by molar-refractivity contribution is 6.21. The van der Waals surface area contributed by atoms with Gasteiger partial charge in [-0.1, -0.05) is 5.16 Å². The Morgan fingerprint density at radius 3 is 2.40 bits per heavy atom. The van der Waals surface area contributed by atoms with Crippen LogP contribution in [0.15, 0.2) is 16.7 Å². The molecular formula is C10H7Cl2F4N3O. The van der Waals surface area contributed by atoms with E-state index in [-0.39, 0.29) is 24.5 Å². The molecule has 0 atom stereocenters. The van der Waals surface area contributed by atoms with Gasteiger partial charge >= 0.3 is 11.3 Å². The van der Waals surface area contributed by atoms with Crippen molar-refractivity contribution in [2.45, 2.75) is 11.9 Å². The van der Waals surface area contributed by atoms with Crippen molar-refractivity contribution in [3.63, 3.8) is 0 Å². The van der Waals surface area contributed by atoms with Crippen LogP contribution in [-0.2, 0) is 11.9 Å². The van der Waals surface area contributed by atoms with Crippen molar-refractivity contribution in [2.24, 2.45) is 5.73 Å². The lowest BCUT2D eigenvalue weighted by Crippen LogP contribution is -2.04. The van der Waals surface area contributed by atoms with Gasteiger partial charge in [-0.15, -0.1) is 12.4 Å². The van der Waals surface area contributed by atoms with E-state index in [2.05, 4.69) is 26.3 Å². The second kappa shape index (κ2) is 5.94. The van der Waals surface area contributed by atoms with Gasteiger partial charge in [-0.05, 0) is 23.7 Å². The lowest BCUT2D eigenvalue weighted by Gasteiger charge is -2.03. The zero-order chi connectivity index (χ0) is 14.2. The van der Waals surface area contributed by atoms with Gasteiger partial charge in [0.15, 0.2) is 0 Å². The van der Waals surface area contributed by atoms with E-state index in [9.17, 15) is 17.6 Å². The fraction of sp³-hybridized carbons (Fsp3) is 0.200. The Balaban J connectivity index is 0.00000200. The molecule has 0 saturated carbocycles. The van der Waals surface area contributed by atoms with Gasteiger partial charge in [0, 0.05) is 12.1 Å². The predicted molar refractivity (Wildman–Crippen MR) is 64.5 cm³/mol. The second-order valence-electron chi connectivity index (χ2n) is 3.55. The summed E-state index contributed by atoms with van der Waals surface area (Å²) >= 11 is 4.66. The van der Waals surface area contributed by atoms with Crippen LogP contribution in [0.4, 0.5) is 17.6 Å². The molecule has 0 aliphatic rings. The van der Waals surface area contributed by atoms with Gasteiger partial charge in [-0.25, -0.2) is 8.78 Å². The average Bonchev–Trinajstić information content (AvgIpc) is 2.80. The summed E-state index contributed by atoms with van der Waals surface area (Å²) in [4.78, 5) is 3.21. The summed E-state index contributed by atoms with van der Waals surface area (Å²) in [5.41, 5.74) is 4.71. The number of nitrogens with two attached hydrogens (primary N) is 1. The van der Waals surface area contributed by atoms with Crippen molar-refractivity contribution >= 4 is 24.0 Å². The molecule has 0 spiro atoms. The molecule has 1 aromatic heterocycles. The van der Waals surface area contributed by atoms with E-state index in [0.29, 0.717) is 0 Å². The van der Waals surface area contributed by atoms with E-state index in [1.165, 1.54) is 0 Å². The SMILES string of the molecule is Cl.NCc1cc(F)c(-c2noc(C(F)(F)Cl)n2)cc1F. The first kappa shape index (κ1) is 16.7. The molecule has 4 nitrogen and oxygen atoms in total. The van der Waals surface area contributed by atoms with Crippen molar-refractivity contribution in [3.05, 3.63) is 35.2 Å². The maximum atomic E-state index is 13.6. The lowest BCUT2D eigenvalue weighted by molar-refractivity contribution is 0.0551. The third-order valence-corrected chi connectivity index (χ3v) is 2.43. The Labute approximate surface area is 121 Å². The summed E-state index contributed by atoms with van der Waals surface area (Å²) < 4.78 is 56.6. The van der Waals surface area contributed by atoms with Crippen LogP contribution in [0, 0.1) is 11.6 Å². The molecule has 2 N–H and O–H groups in total. The fourth-order valence-electron chi connectivity index (χ4n) is 1.36. The topological polar surface area (TPSA) is 64.9 Å². The number of alkyl halides is 3. The molecular weight excluding hydrogens is 325 g/mol. The highest BCUT2D eigenvalue weighted by atomic mass is 35.5. The molecule has 2 aromatic rings. The second-order valence-corrected chi connectivity index (χ2v) is 4.02. The van der Waals surface area contributed by atoms with E-state index in [1.807, 2.05) is 0 Å². The molecule has 0 amide bonds. The lowest BCUT2D eigenvalue weighted by atomic mass is 10.1. The maximum Gasteiger partial charge on any atom is 0.400 e. The van der Waals surface area contributed by atoms with Gasteiger partial charge in [0.2, 0.25) is 5.82 Å². The minimum Gasteiger partial charge on any atom is -0.331 e. The third-order valence-electron chi connectivity index (χ3n) is 2.27. The Kier molecular flexibility index (Phi) is 4.95. The first-order valence-electron chi connectivity index (χ1n) is 4.92. The number of nitrogens with zero attached hydrogens (tertiary/aromatic N) is 2. The number of halogens is 6. The normalized spacial score (nSPS) is 11.3. The molecule has 0 bridgehead atoms. The summed E-state index contributed by atoms with van der Waals surface area (Å²) in [7, 11) is 0. The fourth-order valence-corrected chi connectivity index (χ4v) is 1.44. The van der Waals surface area contributed by atoms with E-state index in [4.69, 9.17) is 5.73 Å². The predicted octanol–water partition coefficient (Wildman–Crippen LogP) is 3.18. The number of benzene rings is 1. The van der Waals surface area contributed by atoms with Crippen LogP contribution in [0.25, 0.3) is 11.4 Å². The summed E-state index contributed by atoms with van der Waals surface area (Å²) in [5.74, 6) is -3.45. The molecule has 0 radical (unpaired) electrons. The Morgan fingerprint density at radius 1 is 1.25 bits per heavy atom. The van der Waals surface area contributed by atoms with Gasteiger partial charge in [0.05, 0.1) is 5.56 Å². The van der Waals surface area contributed by atoms with Crippen LogP contribution >= 0.6 is 24.0 Å². The van der Waals surface area contributed by atoms with Crippen LogP contribution in [0.2, 0.25) is 0 Å². The molecule has 20 heavy (non-hydrogen) atoms. The average molecular weight is 332 g/mol. The molecule has 0 aliphatic carbocycles. The molecule has 0 aliphatic heterocycles. The largest absolute Gasteiger partial charge is 0.400 e. The van der Waals surface area contributed by atoms with E-state index >= 15 is 0 Å². The van der Waals surface area contributed by atoms with Crippen molar-refractivity contribution in [3.8, 4) is 11.4 Å². The molecule has 1 heterocycles. The third kappa shape index (κ3) is 3.20. The number of aromatic nitrogens is 2. The smallest absolute Gasteiger partial charge is 0.331 e. The van der Waals surface area contributed by atoms with Crippen LogP contribution in [0.5, 0.6) is 0 Å². The molecule has 10 heteroatoms. The van der Waals surface area contributed by atoms with Crippen molar-refractivity contribution < 1.29 is 22.1 Å². The minimum absolute atomic E-state index is 0. The quantitative estimate of drug-likeness (QED) is 0.693. The molecule has 110 valence electrons. The van der Waals surface area contributed by atoms with Crippen LogP contribution in [0.3, 0.4) is 0 Å². The molecule has 0 saturated heterocycles. The number of hydrogen-bond donors (Lipinski definition) is 1. The highest BCUT2D eigenvalue weighted by Crippen LogP contribution is 2.32. The Bertz CT molecular complexity index is 615. The van der Waals surface area contributed by atoms with Crippen molar-refractivity contribution in [1.82, 2.24) is 10.1 Å². The summed E-state index contributed by atoms with van der Waals surface area (Å²) in [6.45, 7) is -0.208. The summed E-state index contributed by atoms with van der Waals surface area (Å²) in [6, 6.07) is 1.58. The van der Waals surface area contributed by atoms with Gasteiger partial charge in [0.1, 0.15) is 11.6 Å². The molecule has 0 unspecified atom stereocenters. The minimum atomic E-state index is -3.88. The van der Waals surface area contributed by atoms with E-state index in [0.717, 1.165) is 12.1 Å². The standard InChI is InChI=1S/C10H6ClF4N3O.ClH/c11-10(14,15)9-17-8(18-19-9)5-2-6(12)4(3-16)1-7(5)13;/h1-2H,3,16H2;1H. The first-order chi connectivity index (χ1) is 8.82. The number of hydrogen-bond acceptors (Lipinski definition) is 4. The zero-order valence-corrected chi connectivity index (χ0v) is 11.1. The maximum absolute atomic E-state index is 13.6. The first-order valence-corrected chi connectivity index (χ1v) is 5.30. The van der Waals surface area contributed by atoms with Crippen LogP contribution in [-0.4, -0.2) is 10.1 Å². The Morgan fingerprint density at radius 2 is 1.90 bits per heavy atom. The van der Waals surface area contributed by atoms with Crippen LogP contribution in [0.1, 0.15) is 11.5 Å². The van der Waals surface area contributed by atoms with Crippen molar-refractivity contribution in [2.75, 3.05) is 0 Å².